The van der Waals surface area contributed by atoms with Crippen LogP contribution in [0, 0.1) is 0 Å². The zero-order valence-electron chi connectivity index (χ0n) is 14.0. The number of nitrogens with zero attached hydrogens (tertiary/aromatic N) is 1. The van der Waals surface area contributed by atoms with Gasteiger partial charge in [0.05, 0.1) is 25.7 Å². The fourth-order valence-electron chi connectivity index (χ4n) is 2.70. The molecule has 23 heavy (non-hydrogen) atoms. The van der Waals surface area contributed by atoms with Gasteiger partial charge in [-0.15, -0.1) is 0 Å². The van der Waals surface area contributed by atoms with Crippen molar-refractivity contribution in [1.29, 1.82) is 0 Å². The van der Waals surface area contributed by atoms with Crippen LogP contribution in [0.4, 0.5) is 5.69 Å². The fourth-order valence-corrected chi connectivity index (χ4v) is 2.70. The third-order valence-corrected chi connectivity index (χ3v) is 4.28. The summed E-state index contributed by atoms with van der Waals surface area (Å²) in [7, 11) is 1.56. The number of nitrogens with one attached hydrogen (secondary N) is 1. The summed E-state index contributed by atoms with van der Waals surface area (Å²) in [5.41, 5.74) is 7.56. The fraction of sp³-hybridized carbons (Fsp3) is 0.588. The molecule has 0 aliphatic carbocycles. The molecule has 0 bridgehead atoms. The molecule has 2 unspecified atom stereocenters. The smallest absolute Gasteiger partial charge is 0.227 e. The average molecular weight is 321 g/mol. The number of morpholine rings is 1. The van der Waals surface area contributed by atoms with Gasteiger partial charge in [-0.2, -0.15) is 0 Å². The van der Waals surface area contributed by atoms with Crippen molar-refractivity contribution >= 4 is 11.6 Å². The number of benzene rings is 1. The highest BCUT2D eigenvalue weighted by Gasteiger charge is 2.18. The standard InChI is InChI=1S/C17H27N3O3/c1-13(20-7-9-23-10-8-20)14-3-5-15(6-4-14)19-17(21)11-16(12-18)22-2/h3-6,13,16H,7-12,18H2,1-2H3,(H,19,21). The van der Waals surface area contributed by atoms with E-state index in [-0.39, 0.29) is 18.4 Å². The minimum Gasteiger partial charge on any atom is -0.380 e. The van der Waals surface area contributed by atoms with E-state index in [1.165, 1.54) is 5.56 Å². The normalized spacial score (nSPS) is 18.4. The predicted octanol–water partition coefficient (Wildman–Crippen LogP) is 1.38. The average Bonchev–Trinajstić information content (AvgIpc) is 2.60. The van der Waals surface area contributed by atoms with Crippen LogP contribution in [0.2, 0.25) is 0 Å². The monoisotopic (exact) mass is 321 g/mol. The van der Waals surface area contributed by atoms with Crippen LogP contribution in [0.15, 0.2) is 24.3 Å². The molecule has 1 aliphatic heterocycles. The lowest BCUT2D eigenvalue weighted by Crippen LogP contribution is -2.38. The van der Waals surface area contributed by atoms with E-state index in [1.54, 1.807) is 7.11 Å². The molecule has 0 spiro atoms. The van der Waals surface area contributed by atoms with Crippen molar-refractivity contribution in [2.24, 2.45) is 5.73 Å². The Balaban J connectivity index is 1.89. The molecule has 2 rings (SSSR count). The van der Waals surface area contributed by atoms with Crippen molar-refractivity contribution in [3.05, 3.63) is 29.8 Å². The summed E-state index contributed by atoms with van der Waals surface area (Å²) in [5, 5.41) is 2.88. The van der Waals surface area contributed by atoms with Crippen molar-refractivity contribution in [2.75, 3.05) is 45.3 Å². The summed E-state index contributed by atoms with van der Waals surface area (Å²) < 4.78 is 10.5. The van der Waals surface area contributed by atoms with E-state index in [0.717, 1.165) is 32.0 Å². The van der Waals surface area contributed by atoms with Gasteiger partial charge in [-0.1, -0.05) is 12.1 Å². The molecule has 1 aromatic rings. The van der Waals surface area contributed by atoms with Crippen LogP contribution in [-0.4, -0.2) is 56.9 Å². The highest BCUT2D eigenvalue weighted by molar-refractivity contribution is 5.91. The Hall–Kier alpha value is -1.47. The third kappa shape index (κ3) is 5.28. The van der Waals surface area contributed by atoms with Gasteiger partial charge in [0, 0.05) is 38.5 Å². The first kappa shape index (κ1) is 17.9. The van der Waals surface area contributed by atoms with Gasteiger partial charge in [0.2, 0.25) is 5.91 Å². The second-order valence-electron chi connectivity index (χ2n) is 5.79. The highest BCUT2D eigenvalue weighted by atomic mass is 16.5. The van der Waals surface area contributed by atoms with Crippen LogP contribution >= 0.6 is 0 Å². The van der Waals surface area contributed by atoms with E-state index in [9.17, 15) is 4.79 Å². The van der Waals surface area contributed by atoms with E-state index in [0.29, 0.717) is 12.6 Å². The maximum Gasteiger partial charge on any atom is 0.227 e. The van der Waals surface area contributed by atoms with Crippen LogP contribution < -0.4 is 11.1 Å². The van der Waals surface area contributed by atoms with Crippen LogP contribution in [0.3, 0.4) is 0 Å². The number of amides is 1. The summed E-state index contributed by atoms with van der Waals surface area (Å²) >= 11 is 0. The second kappa shape index (κ2) is 8.98. The van der Waals surface area contributed by atoms with Gasteiger partial charge in [0.25, 0.3) is 0 Å². The summed E-state index contributed by atoms with van der Waals surface area (Å²) in [6, 6.07) is 8.35. The highest BCUT2D eigenvalue weighted by Crippen LogP contribution is 2.22. The maximum atomic E-state index is 11.9. The molecule has 1 aromatic carbocycles. The number of carbonyl (C=O) groups is 1. The molecule has 6 heteroatoms. The number of rotatable bonds is 7. The molecule has 1 saturated heterocycles. The molecule has 0 saturated carbocycles. The van der Waals surface area contributed by atoms with Crippen molar-refractivity contribution in [3.8, 4) is 0 Å². The van der Waals surface area contributed by atoms with Gasteiger partial charge in [0.15, 0.2) is 0 Å². The quantitative estimate of drug-likeness (QED) is 0.793. The molecule has 0 aromatic heterocycles. The van der Waals surface area contributed by atoms with Crippen LogP contribution in [0.1, 0.15) is 24.9 Å². The number of hydrogen-bond acceptors (Lipinski definition) is 5. The third-order valence-electron chi connectivity index (χ3n) is 4.28. The predicted molar refractivity (Wildman–Crippen MR) is 90.3 cm³/mol. The van der Waals surface area contributed by atoms with E-state index in [4.69, 9.17) is 15.2 Å². The van der Waals surface area contributed by atoms with E-state index in [1.807, 2.05) is 12.1 Å². The van der Waals surface area contributed by atoms with Crippen LogP contribution in [0.5, 0.6) is 0 Å². The van der Waals surface area contributed by atoms with Gasteiger partial charge >= 0.3 is 0 Å². The topological polar surface area (TPSA) is 76.8 Å². The van der Waals surface area contributed by atoms with E-state index in [2.05, 4.69) is 29.3 Å². The minimum atomic E-state index is -0.240. The first-order valence-electron chi connectivity index (χ1n) is 8.08. The molecule has 128 valence electrons. The van der Waals surface area contributed by atoms with E-state index >= 15 is 0 Å². The summed E-state index contributed by atoms with van der Waals surface area (Å²) in [4.78, 5) is 14.3. The van der Waals surface area contributed by atoms with Crippen LogP contribution in [0.25, 0.3) is 0 Å². The first-order chi connectivity index (χ1) is 11.1. The van der Waals surface area contributed by atoms with Gasteiger partial charge in [-0.3, -0.25) is 9.69 Å². The molecule has 6 nitrogen and oxygen atoms in total. The molecular formula is C17H27N3O3. The van der Waals surface area contributed by atoms with Gasteiger partial charge in [0.1, 0.15) is 0 Å². The zero-order chi connectivity index (χ0) is 16.7. The SMILES string of the molecule is COC(CN)CC(=O)Nc1ccc(C(C)N2CCOCC2)cc1. The van der Waals surface area contributed by atoms with Gasteiger partial charge in [-0.05, 0) is 24.6 Å². The van der Waals surface area contributed by atoms with Crippen LogP contribution in [-0.2, 0) is 14.3 Å². The van der Waals surface area contributed by atoms with Crippen molar-refractivity contribution in [3.63, 3.8) is 0 Å². The maximum absolute atomic E-state index is 11.9. The molecular weight excluding hydrogens is 294 g/mol. The molecule has 1 fully saturated rings. The lowest BCUT2D eigenvalue weighted by molar-refractivity contribution is -0.118. The minimum absolute atomic E-state index is 0.0868. The number of methoxy groups -OCH3 is 1. The first-order valence-corrected chi connectivity index (χ1v) is 8.08. The number of carbonyl (C=O) groups excluding carboxylic acids is 1. The second-order valence-corrected chi connectivity index (χ2v) is 5.79. The van der Waals surface area contributed by atoms with Crippen molar-refractivity contribution < 1.29 is 14.3 Å². The summed E-state index contributed by atoms with van der Waals surface area (Å²) in [6.07, 6.45) is 0.0227. The van der Waals surface area contributed by atoms with Gasteiger partial charge in [-0.25, -0.2) is 0 Å². The Morgan fingerprint density at radius 3 is 2.57 bits per heavy atom. The van der Waals surface area contributed by atoms with E-state index < -0.39 is 0 Å². The number of hydrogen-bond donors (Lipinski definition) is 2. The largest absolute Gasteiger partial charge is 0.380 e. The molecule has 1 aliphatic rings. The molecule has 1 amide bonds. The summed E-state index contributed by atoms with van der Waals surface area (Å²) in [5.74, 6) is -0.0868. The Bertz CT molecular complexity index is 482. The Kier molecular flexibility index (Phi) is 6.98. The van der Waals surface area contributed by atoms with Crippen molar-refractivity contribution in [2.45, 2.75) is 25.5 Å². The number of anilines is 1. The van der Waals surface area contributed by atoms with Crippen molar-refractivity contribution in [1.82, 2.24) is 4.90 Å². The lowest BCUT2D eigenvalue weighted by Gasteiger charge is -2.32. The Labute approximate surface area is 137 Å². The summed E-state index contributed by atoms with van der Waals surface area (Å²) in [6.45, 7) is 6.03. The number of ether oxygens (including phenoxy) is 2. The zero-order valence-corrected chi connectivity index (χ0v) is 14.0. The molecule has 2 atom stereocenters. The molecule has 3 N–H and O–H groups in total. The van der Waals surface area contributed by atoms with Gasteiger partial charge < -0.3 is 20.5 Å². The molecule has 0 radical (unpaired) electrons. The molecule has 1 heterocycles. The Morgan fingerprint density at radius 1 is 1.35 bits per heavy atom. The number of nitrogens with two attached hydrogens (primary N) is 1. The Morgan fingerprint density at radius 2 is 2.00 bits per heavy atom. The lowest BCUT2D eigenvalue weighted by atomic mass is 10.1.